The second-order valence-electron chi connectivity index (χ2n) is 10.7. The Morgan fingerprint density at radius 1 is 1.00 bits per heavy atom. The summed E-state index contributed by atoms with van der Waals surface area (Å²) in [4.78, 5) is 27.4. The van der Waals surface area contributed by atoms with Gasteiger partial charge in [0.05, 0.1) is 11.6 Å². The van der Waals surface area contributed by atoms with Crippen molar-refractivity contribution in [3.63, 3.8) is 0 Å². The molecular weight excluding hydrogens is 421 g/mol. The van der Waals surface area contributed by atoms with E-state index in [2.05, 4.69) is 16.7 Å². The number of rotatable bonds is 3. The van der Waals surface area contributed by atoms with E-state index < -0.39 is 11.7 Å². The molecule has 174 valence electrons. The number of fused-ring (bicyclic) bond motifs is 1. The molecule has 1 atom stereocenters. The van der Waals surface area contributed by atoms with E-state index in [1.54, 1.807) is 12.1 Å². The Morgan fingerprint density at radius 2 is 1.64 bits per heavy atom. The lowest BCUT2D eigenvalue weighted by molar-refractivity contribution is -0.0976. The number of carbonyl (C=O) groups is 2. The Hall–Kier alpha value is -3.09. The van der Waals surface area contributed by atoms with E-state index in [0.29, 0.717) is 25.8 Å². The molecule has 4 aliphatic rings. The van der Waals surface area contributed by atoms with Crippen molar-refractivity contribution in [1.29, 1.82) is 0 Å². The summed E-state index contributed by atoms with van der Waals surface area (Å²) in [5.74, 6) is -0.296. The molecule has 3 amide bonds. The molecule has 3 saturated carbocycles. The molecule has 0 unspecified atom stereocenters. The first-order valence-electron chi connectivity index (χ1n) is 11.5. The molecule has 3 aliphatic carbocycles. The number of nitrogens with zero attached hydrogens (tertiary/aromatic N) is 1. The largest absolute Gasteiger partial charge is 0.444 e. The Kier molecular flexibility index (Phi) is 4.92. The van der Waals surface area contributed by atoms with Crippen molar-refractivity contribution < 1.29 is 18.7 Å². The zero-order valence-corrected chi connectivity index (χ0v) is 19.3. The number of benzene rings is 2. The van der Waals surface area contributed by atoms with Crippen LogP contribution in [0.25, 0.3) is 0 Å². The van der Waals surface area contributed by atoms with Gasteiger partial charge in [0.2, 0.25) is 0 Å². The van der Waals surface area contributed by atoms with Gasteiger partial charge < -0.3 is 20.3 Å². The Labute approximate surface area is 193 Å². The number of carbonyl (C=O) groups excluding carboxylic acids is 2. The van der Waals surface area contributed by atoms with Crippen LogP contribution in [0.1, 0.15) is 62.8 Å². The molecule has 3 fully saturated rings. The van der Waals surface area contributed by atoms with Gasteiger partial charge in [0.15, 0.2) is 0 Å². The minimum atomic E-state index is -0.542. The van der Waals surface area contributed by atoms with Crippen molar-refractivity contribution in [2.75, 3.05) is 6.54 Å². The van der Waals surface area contributed by atoms with Crippen LogP contribution in [0.2, 0.25) is 0 Å². The average molecular weight is 452 g/mol. The first-order chi connectivity index (χ1) is 15.6. The van der Waals surface area contributed by atoms with Crippen molar-refractivity contribution in [3.8, 4) is 0 Å². The summed E-state index contributed by atoms with van der Waals surface area (Å²) in [7, 11) is 0. The van der Waals surface area contributed by atoms with Crippen LogP contribution in [0, 0.1) is 5.82 Å². The maximum absolute atomic E-state index is 13.6. The van der Waals surface area contributed by atoms with Crippen molar-refractivity contribution >= 4 is 12.1 Å². The quantitative estimate of drug-likeness (QED) is 0.712. The highest BCUT2D eigenvalue weighted by molar-refractivity contribution is 5.78. The van der Waals surface area contributed by atoms with E-state index in [-0.39, 0.29) is 29.0 Å². The number of hydrogen-bond donors (Lipinski definition) is 2. The monoisotopic (exact) mass is 451 g/mol. The van der Waals surface area contributed by atoms with Gasteiger partial charge in [0.25, 0.3) is 0 Å². The fourth-order valence-electron chi connectivity index (χ4n) is 5.66. The highest BCUT2D eigenvalue weighted by Crippen LogP contribution is 2.60. The average Bonchev–Trinajstić information content (AvgIpc) is 2.69. The number of urea groups is 1. The Bertz CT molecular complexity index is 1070. The Morgan fingerprint density at radius 3 is 2.30 bits per heavy atom. The second kappa shape index (κ2) is 7.47. The van der Waals surface area contributed by atoms with Gasteiger partial charge in [-0.3, -0.25) is 0 Å². The van der Waals surface area contributed by atoms with E-state index in [1.807, 2.05) is 43.9 Å². The van der Waals surface area contributed by atoms with Gasteiger partial charge in [-0.05, 0) is 75.3 Å². The van der Waals surface area contributed by atoms with Crippen LogP contribution in [-0.2, 0) is 11.2 Å². The molecular formula is C26H30FN3O3. The predicted octanol–water partition coefficient (Wildman–Crippen LogP) is 4.68. The third-order valence-electron chi connectivity index (χ3n) is 6.90. The van der Waals surface area contributed by atoms with E-state index >= 15 is 0 Å². The third kappa shape index (κ3) is 4.05. The lowest BCUT2D eigenvalue weighted by atomic mass is 9.44. The summed E-state index contributed by atoms with van der Waals surface area (Å²) >= 11 is 0. The molecule has 0 aromatic heterocycles. The molecule has 1 heterocycles. The van der Waals surface area contributed by atoms with Gasteiger partial charge >= 0.3 is 12.1 Å². The number of alkyl carbamates (subject to hydrolysis) is 1. The number of nitrogens with one attached hydrogen (secondary N) is 2. The molecule has 2 bridgehead atoms. The zero-order chi connectivity index (χ0) is 23.4. The molecule has 0 spiro atoms. The third-order valence-corrected chi connectivity index (χ3v) is 6.90. The molecule has 6 rings (SSSR count). The number of ether oxygens (including phenoxy) is 1. The maximum Gasteiger partial charge on any atom is 0.408 e. The first kappa shape index (κ1) is 21.7. The maximum atomic E-state index is 13.6. The topological polar surface area (TPSA) is 70.7 Å². The second-order valence-corrected chi connectivity index (χ2v) is 10.7. The van der Waals surface area contributed by atoms with Crippen LogP contribution in [-0.4, -0.2) is 40.2 Å². The molecule has 7 heteroatoms. The summed E-state index contributed by atoms with van der Waals surface area (Å²) in [6.07, 6.45) is 2.48. The van der Waals surface area contributed by atoms with Gasteiger partial charge in [-0.25, -0.2) is 14.0 Å². The van der Waals surface area contributed by atoms with Gasteiger partial charge in [-0.15, -0.1) is 0 Å². The lowest BCUT2D eigenvalue weighted by Gasteiger charge is -2.70. The molecule has 0 saturated heterocycles. The van der Waals surface area contributed by atoms with E-state index in [0.717, 1.165) is 17.5 Å². The molecule has 2 N–H and O–H groups in total. The lowest BCUT2D eigenvalue weighted by Crippen LogP contribution is -2.84. The summed E-state index contributed by atoms with van der Waals surface area (Å²) in [5.41, 5.74) is 2.07. The molecule has 0 radical (unpaired) electrons. The van der Waals surface area contributed by atoms with Crippen LogP contribution in [0.3, 0.4) is 0 Å². The van der Waals surface area contributed by atoms with E-state index in [4.69, 9.17) is 4.74 Å². The van der Waals surface area contributed by atoms with Crippen molar-refractivity contribution in [1.82, 2.24) is 15.5 Å². The van der Waals surface area contributed by atoms with Crippen LogP contribution in [0.5, 0.6) is 0 Å². The van der Waals surface area contributed by atoms with Crippen molar-refractivity contribution in [3.05, 3.63) is 71.0 Å². The standard InChI is InChI=1S/C26H30FN3O3/c1-24(2,3)33-23(32)29-26-14-25(15-26,16-26)28-22(31)30-13-12-17-6-4-5-7-20(17)21(30)18-8-10-19(27)11-9-18/h4-11,21H,12-16H2,1-3H3,(H,28,31)(H,29,32)/t21-,25?,26?/m1/s1. The number of halogens is 1. The van der Waals surface area contributed by atoms with E-state index in [9.17, 15) is 14.0 Å². The van der Waals surface area contributed by atoms with Crippen molar-refractivity contribution in [2.24, 2.45) is 0 Å². The summed E-state index contributed by atoms with van der Waals surface area (Å²) in [6.45, 7) is 6.10. The van der Waals surface area contributed by atoms with Crippen molar-refractivity contribution in [2.45, 2.75) is 69.2 Å². The fourth-order valence-corrected chi connectivity index (χ4v) is 5.66. The van der Waals surface area contributed by atoms with Gasteiger partial charge in [0, 0.05) is 12.1 Å². The van der Waals surface area contributed by atoms with Gasteiger partial charge in [-0.2, -0.15) is 0 Å². The number of hydrogen-bond acceptors (Lipinski definition) is 3. The zero-order valence-electron chi connectivity index (χ0n) is 19.3. The van der Waals surface area contributed by atoms with Gasteiger partial charge in [-0.1, -0.05) is 36.4 Å². The highest BCUT2D eigenvalue weighted by Gasteiger charge is 2.70. The summed E-state index contributed by atoms with van der Waals surface area (Å²) in [5, 5.41) is 6.22. The normalized spacial score (nSPS) is 27.5. The van der Waals surface area contributed by atoms with Crippen LogP contribution >= 0.6 is 0 Å². The van der Waals surface area contributed by atoms with E-state index in [1.165, 1.54) is 17.7 Å². The molecule has 1 aliphatic heterocycles. The van der Waals surface area contributed by atoms with Crippen LogP contribution in [0.15, 0.2) is 48.5 Å². The minimum Gasteiger partial charge on any atom is -0.444 e. The smallest absolute Gasteiger partial charge is 0.408 e. The van der Waals surface area contributed by atoms with Crippen LogP contribution in [0.4, 0.5) is 14.0 Å². The predicted molar refractivity (Wildman–Crippen MR) is 122 cm³/mol. The molecule has 33 heavy (non-hydrogen) atoms. The van der Waals surface area contributed by atoms with Gasteiger partial charge in [0.1, 0.15) is 11.4 Å². The first-order valence-corrected chi connectivity index (χ1v) is 11.5. The minimum absolute atomic E-state index is 0.121. The number of amides is 3. The molecule has 2 aromatic carbocycles. The highest BCUT2D eigenvalue weighted by atomic mass is 19.1. The molecule has 2 aromatic rings. The molecule has 6 nitrogen and oxygen atoms in total. The summed E-state index contributed by atoms with van der Waals surface area (Å²) < 4.78 is 18.9. The Balaban J connectivity index is 1.28. The fraction of sp³-hybridized carbons (Fsp3) is 0.462. The van der Waals surface area contributed by atoms with Crippen LogP contribution < -0.4 is 10.6 Å². The summed E-state index contributed by atoms with van der Waals surface area (Å²) in [6, 6.07) is 14.1. The SMILES string of the molecule is CC(C)(C)OC(=O)NC12CC(NC(=O)N3CCc4ccccc4[C@H]3c3ccc(F)cc3)(C1)C2.